The number of hydrogen-bond acceptors (Lipinski definition) is 6. The Morgan fingerprint density at radius 2 is 0.969 bits per heavy atom. The predicted molar refractivity (Wildman–Crippen MR) is 114 cm³/mol. The molecule has 0 bridgehead atoms. The van der Waals surface area contributed by atoms with Crippen LogP contribution in [0.1, 0.15) is 22.3 Å². The standard InChI is InChI=1S/C22H10N6O4/c23-25-19-9-3-15(4-10-19)1-7-17-13-22(28(31)32)18(14-21(17)27(29)30)8-2-16-5-11-20(26-24)12-6-16/h3-6,9-14H/q+2. The van der Waals surface area contributed by atoms with Gasteiger partial charge in [0.05, 0.1) is 9.85 Å². The molecule has 3 rings (SSSR count). The molecular weight excluding hydrogens is 412 g/mol. The maximum atomic E-state index is 11.5. The van der Waals surface area contributed by atoms with E-state index in [1.807, 2.05) is 0 Å². The van der Waals surface area contributed by atoms with Crippen molar-refractivity contribution in [3.05, 3.63) is 113 Å². The van der Waals surface area contributed by atoms with E-state index in [4.69, 9.17) is 10.8 Å². The minimum absolute atomic E-state index is 0.142. The Hall–Kier alpha value is -5.58. The zero-order chi connectivity index (χ0) is 23.1. The van der Waals surface area contributed by atoms with Crippen molar-refractivity contribution in [2.24, 2.45) is 0 Å². The van der Waals surface area contributed by atoms with E-state index in [0.29, 0.717) is 22.5 Å². The van der Waals surface area contributed by atoms with Crippen molar-refractivity contribution in [2.45, 2.75) is 0 Å². The first kappa shape index (κ1) is 21.1. The number of nitro benzene ring substituents is 2. The van der Waals surface area contributed by atoms with Gasteiger partial charge < -0.3 is 0 Å². The summed E-state index contributed by atoms with van der Waals surface area (Å²) >= 11 is 0. The summed E-state index contributed by atoms with van der Waals surface area (Å²) in [6.45, 7) is 0. The summed E-state index contributed by atoms with van der Waals surface area (Å²) < 4.78 is 0. The van der Waals surface area contributed by atoms with E-state index in [0.717, 1.165) is 12.1 Å². The lowest BCUT2D eigenvalue weighted by Gasteiger charge is -2.00. The molecule has 0 radical (unpaired) electrons. The Labute approximate surface area is 180 Å². The van der Waals surface area contributed by atoms with E-state index in [2.05, 4.69) is 33.6 Å². The van der Waals surface area contributed by atoms with E-state index < -0.39 is 21.2 Å². The molecule has 0 aliphatic heterocycles. The van der Waals surface area contributed by atoms with Gasteiger partial charge in [0.25, 0.3) is 11.4 Å². The summed E-state index contributed by atoms with van der Waals surface area (Å²) in [7, 11) is 0. The lowest BCUT2D eigenvalue weighted by molar-refractivity contribution is -0.389. The van der Waals surface area contributed by atoms with Gasteiger partial charge in [-0.3, -0.25) is 20.2 Å². The zero-order valence-corrected chi connectivity index (χ0v) is 16.1. The minimum atomic E-state index is -0.690. The first-order chi connectivity index (χ1) is 15.4. The van der Waals surface area contributed by atoms with Crippen LogP contribution in [-0.2, 0) is 0 Å². The number of nitrogens with zero attached hydrogens (tertiary/aromatic N) is 6. The maximum absolute atomic E-state index is 11.5. The molecule has 32 heavy (non-hydrogen) atoms. The van der Waals surface area contributed by atoms with Crippen LogP contribution in [0.2, 0.25) is 0 Å². The van der Waals surface area contributed by atoms with Crippen LogP contribution in [0.25, 0.3) is 9.95 Å². The molecule has 0 aliphatic rings. The van der Waals surface area contributed by atoms with Crippen molar-refractivity contribution in [3.63, 3.8) is 0 Å². The van der Waals surface area contributed by atoms with Gasteiger partial charge in [0, 0.05) is 47.5 Å². The van der Waals surface area contributed by atoms with E-state index in [1.165, 1.54) is 48.5 Å². The van der Waals surface area contributed by atoms with Crippen molar-refractivity contribution in [3.8, 4) is 23.7 Å². The zero-order valence-electron chi connectivity index (χ0n) is 16.1. The molecule has 0 heterocycles. The molecule has 0 atom stereocenters. The third kappa shape index (κ3) is 4.87. The molecule has 0 aromatic heterocycles. The predicted octanol–water partition coefficient (Wildman–Crippen LogP) is 5.27. The molecule has 10 heteroatoms. The first-order valence-corrected chi connectivity index (χ1v) is 8.82. The highest BCUT2D eigenvalue weighted by Crippen LogP contribution is 2.28. The quantitative estimate of drug-likeness (QED) is 0.238. The topological polar surface area (TPSA) is 143 Å². The van der Waals surface area contributed by atoms with Gasteiger partial charge in [-0.15, -0.1) is 0 Å². The highest BCUT2D eigenvalue weighted by atomic mass is 16.6. The lowest BCUT2D eigenvalue weighted by atomic mass is 10.1. The van der Waals surface area contributed by atoms with Crippen molar-refractivity contribution < 1.29 is 9.85 Å². The number of benzene rings is 3. The van der Waals surface area contributed by atoms with Gasteiger partial charge in [0.1, 0.15) is 11.1 Å². The smallest absolute Gasteiger partial charge is 0.258 e. The molecule has 3 aromatic rings. The van der Waals surface area contributed by atoms with Gasteiger partial charge in [0.2, 0.25) is 10.8 Å². The monoisotopic (exact) mass is 422 g/mol. The van der Waals surface area contributed by atoms with E-state index in [-0.39, 0.29) is 11.1 Å². The molecule has 0 N–H and O–H groups in total. The Morgan fingerprint density at radius 1 is 0.625 bits per heavy atom. The Kier molecular flexibility index (Phi) is 6.13. The number of rotatable bonds is 2. The molecule has 10 nitrogen and oxygen atoms in total. The van der Waals surface area contributed by atoms with Gasteiger partial charge in [-0.2, -0.15) is 0 Å². The van der Waals surface area contributed by atoms with Crippen molar-refractivity contribution in [2.75, 3.05) is 0 Å². The van der Waals surface area contributed by atoms with E-state index >= 15 is 0 Å². The number of nitro groups is 2. The van der Waals surface area contributed by atoms with Crippen molar-refractivity contribution in [1.29, 1.82) is 10.8 Å². The first-order valence-electron chi connectivity index (χ1n) is 8.82. The second kappa shape index (κ2) is 9.28. The summed E-state index contributed by atoms with van der Waals surface area (Å²) in [4.78, 5) is 27.7. The third-order valence-corrected chi connectivity index (χ3v) is 4.16. The fourth-order valence-electron chi connectivity index (χ4n) is 2.58. The van der Waals surface area contributed by atoms with Crippen LogP contribution < -0.4 is 0 Å². The normalized spacial score (nSPS) is 9.19. The van der Waals surface area contributed by atoms with Gasteiger partial charge in [0.15, 0.2) is 9.95 Å². The van der Waals surface area contributed by atoms with Crippen LogP contribution in [0.5, 0.6) is 0 Å². The average Bonchev–Trinajstić information content (AvgIpc) is 2.81. The molecule has 0 amide bonds. The number of diazo groups is 2. The van der Waals surface area contributed by atoms with Gasteiger partial charge >= 0.3 is 11.4 Å². The molecule has 0 spiro atoms. The molecule has 3 aromatic carbocycles. The van der Waals surface area contributed by atoms with Gasteiger partial charge in [-0.1, -0.05) is 23.7 Å². The lowest BCUT2D eigenvalue weighted by Crippen LogP contribution is -1.99. The number of hydrogen-bond donors (Lipinski definition) is 0. The average molecular weight is 422 g/mol. The highest BCUT2D eigenvalue weighted by Gasteiger charge is 2.22. The fraction of sp³-hybridized carbons (Fsp3) is 0. The Morgan fingerprint density at radius 3 is 1.25 bits per heavy atom. The van der Waals surface area contributed by atoms with Gasteiger partial charge in [-0.25, -0.2) is 0 Å². The molecule has 0 saturated carbocycles. The second-order valence-electron chi connectivity index (χ2n) is 6.19. The SMILES string of the molecule is N#[N+]c1ccc(C#Cc2cc([N+](=O)[O-])c(C#Cc3ccc([N+]#N)cc3)cc2[N+](=O)[O-])cc1. The van der Waals surface area contributed by atoms with Crippen LogP contribution in [0.4, 0.5) is 22.7 Å². The molecule has 0 fully saturated rings. The summed E-state index contributed by atoms with van der Waals surface area (Å²) in [6.07, 6.45) is 0. The molecule has 0 saturated heterocycles. The Bertz CT molecular complexity index is 1330. The van der Waals surface area contributed by atoms with E-state index in [1.54, 1.807) is 0 Å². The highest BCUT2D eigenvalue weighted by molar-refractivity contribution is 5.66. The third-order valence-electron chi connectivity index (χ3n) is 4.16. The van der Waals surface area contributed by atoms with E-state index in [9.17, 15) is 20.2 Å². The minimum Gasteiger partial charge on any atom is -0.258 e. The Balaban J connectivity index is 2.07. The van der Waals surface area contributed by atoms with Gasteiger partial charge in [-0.05, 0) is 24.3 Å². The summed E-state index contributed by atoms with van der Waals surface area (Å²) in [6, 6.07) is 14.1. The fourth-order valence-corrected chi connectivity index (χ4v) is 2.58. The molecule has 0 unspecified atom stereocenters. The van der Waals surface area contributed by atoms with Crippen LogP contribution in [0, 0.1) is 54.7 Å². The van der Waals surface area contributed by atoms with Crippen LogP contribution in [-0.4, -0.2) is 9.85 Å². The van der Waals surface area contributed by atoms with Crippen LogP contribution in [0.15, 0.2) is 60.7 Å². The van der Waals surface area contributed by atoms with Crippen molar-refractivity contribution >= 4 is 22.7 Å². The van der Waals surface area contributed by atoms with Crippen molar-refractivity contribution in [1.82, 2.24) is 0 Å². The maximum Gasteiger partial charge on any atom is 0.385 e. The molecule has 0 aliphatic carbocycles. The summed E-state index contributed by atoms with van der Waals surface area (Å²) in [5.41, 5.74) is 0.412. The summed E-state index contributed by atoms with van der Waals surface area (Å²) in [5, 5.41) is 40.5. The summed E-state index contributed by atoms with van der Waals surface area (Å²) in [5.74, 6) is 10.6. The van der Waals surface area contributed by atoms with Crippen LogP contribution >= 0.6 is 0 Å². The molecular formula is C22H10N6O4+2. The van der Waals surface area contributed by atoms with Crippen LogP contribution in [0.3, 0.4) is 0 Å². The largest absolute Gasteiger partial charge is 0.385 e. The molecule has 150 valence electrons. The second-order valence-corrected chi connectivity index (χ2v) is 6.19.